The first-order chi connectivity index (χ1) is 13.2. The fraction of sp³-hybridized carbons (Fsp3) is 0.920. The number of fused-ring (bicyclic) bond motifs is 4. The highest BCUT2D eigenvalue weighted by Gasteiger charge is 2.61. The fourth-order valence-corrected chi connectivity index (χ4v) is 8.56. The normalized spacial score (nSPS) is 45.2. The molecule has 0 amide bonds. The van der Waals surface area contributed by atoms with E-state index < -0.39 is 0 Å². The van der Waals surface area contributed by atoms with Crippen molar-refractivity contribution < 1.29 is 9.47 Å². The second-order valence-electron chi connectivity index (χ2n) is 12.1. The first-order valence-electron chi connectivity index (χ1n) is 11.9. The fourth-order valence-electron chi connectivity index (χ4n) is 8.56. The van der Waals surface area contributed by atoms with Gasteiger partial charge < -0.3 is 9.47 Å². The van der Waals surface area contributed by atoms with Crippen LogP contribution in [0.5, 0.6) is 0 Å². The summed E-state index contributed by atoms with van der Waals surface area (Å²) >= 11 is 0. The third kappa shape index (κ3) is 3.10. The zero-order valence-electron chi connectivity index (χ0n) is 19.4. The molecule has 2 nitrogen and oxygen atoms in total. The zero-order valence-corrected chi connectivity index (χ0v) is 19.4. The van der Waals surface area contributed by atoms with Gasteiger partial charge in [-0.25, -0.2) is 0 Å². The van der Waals surface area contributed by atoms with E-state index in [1.807, 2.05) is 6.26 Å². The minimum atomic E-state index is 0.359. The van der Waals surface area contributed by atoms with E-state index in [0.29, 0.717) is 17.6 Å². The SMILES string of the molecule is COCO/C=C/CB([C@@H]1CC2CC([C@H]1C)C2(C)C)[C@@H]1CC2CC([C@H]1C)C2(C)C. The van der Waals surface area contributed by atoms with Crippen molar-refractivity contribution in [2.45, 2.75) is 85.2 Å². The molecule has 4 bridgehead atoms. The molecule has 6 aliphatic rings. The van der Waals surface area contributed by atoms with Crippen molar-refractivity contribution in [2.24, 2.45) is 46.3 Å². The van der Waals surface area contributed by atoms with Crippen LogP contribution in [0, 0.1) is 46.3 Å². The van der Waals surface area contributed by atoms with E-state index in [9.17, 15) is 0 Å². The van der Waals surface area contributed by atoms with Crippen molar-refractivity contribution in [1.82, 2.24) is 0 Å². The topological polar surface area (TPSA) is 18.5 Å². The molecule has 0 aromatic heterocycles. The summed E-state index contributed by atoms with van der Waals surface area (Å²) < 4.78 is 10.5. The molecule has 0 saturated heterocycles. The van der Waals surface area contributed by atoms with Gasteiger partial charge in [-0.2, -0.15) is 0 Å². The summed E-state index contributed by atoms with van der Waals surface area (Å²) in [6.45, 7) is 16.5. The monoisotopic (exact) mass is 386 g/mol. The molecule has 0 heterocycles. The average Bonchev–Trinajstić information content (AvgIpc) is 2.65. The lowest BCUT2D eigenvalue weighted by molar-refractivity contribution is -0.107. The number of ether oxygens (including phenoxy) is 2. The first-order valence-corrected chi connectivity index (χ1v) is 11.9. The Morgan fingerprint density at radius 1 is 0.857 bits per heavy atom. The predicted octanol–water partition coefficient (Wildman–Crippen LogP) is 6.76. The Morgan fingerprint density at radius 2 is 1.36 bits per heavy atom. The smallest absolute Gasteiger partial charge is 0.187 e. The van der Waals surface area contributed by atoms with Crippen LogP contribution in [0.4, 0.5) is 0 Å². The number of allylic oxidation sites excluding steroid dienone is 1. The van der Waals surface area contributed by atoms with Gasteiger partial charge in [0.15, 0.2) is 13.5 Å². The van der Waals surface area contributed by atoms with Crippen LogP contribution >= 0.6 is 0 Å². The number of methoxy groups -OCH3 is 1. The summed E-state index contributed by atoms with van der Waals surface area (Å²) in [6.07, 6.45) is 11.3. The summed E-state index contributed by atoms with van der Waals surface area (Å²) in [7, 11) is 1.69. The van der Waals surface area contributed by atoms with Crippen molar-refractivity contribution in [3.63, 3.8) is 0 Å². The van der Waals surface area contributed by atoms with Gasteiger partial charge in [-0.15, -0.1) is 0 Å². The first kappa shape index (κ1) is 20.8. The second kappa shape index (κ2) is 7.36. The molecule has 6 aliphatic carbocycles. The molecule has 6 saturated carbocycles. The van der Waals surface area contributed by atoms with Crippen molar-refractivity contribution >= 4 is 6.71 Å². The van der Waals surface area contributed by atoms with Gasteiger partial charge in [0.05, 0.1) is 6.26 Å². The lowest BCUT2D eigenvalue weighted by atomic mass is 9.20. The molecular formula is C25H43BO2. The van der Waals surface area contributed by atoms with Crippen LogP contribution in [0.15, 0.2) is 12.3 Å². The van der Waals surface area contributed by atoms with E-state index in [2.05, 4.69) is 47.6 Å². The van der Waals surface area contributed by atoms with Crippen molar-refractivity contribution in [1.29, 1.82) is 0 Å². The van der Waals surface area contributed by atoms with Gasteiger partial charge in [0, 0.05) is 7.11 Å². The molecule has 6 fully saturated rings. The van der Waals surface area contributed by atoms with Gasteiger partial charge in [0.1, 0.15) is 0 Å². The van der Waals surface area contributed by atoms with Crippen LogP contribution in [0.1, 0.15) is 67.2 Å². The van der Waals surface area contributed by atoms with E-state index >= 15 is 0 Å². The highest BCUT2D eigenvalue weighted by Crippen LogP contribution is 2.69. The maximum absolute atomic E-state index is 5.48. The van der Waals surface area contributed by atoms with Crippen LogP contribution in [0.3, 0.4) is 0 Å². The molecule has 28 heavy (non-hydrogen) atoms. The Balaban J connectivity index is 1.51. The number of hydrogen-bond acceptors (Lipinski definition) is 2. The standard InChI is InChI=1S/C25H43BO2/c1-16-20-11-18(24(20,3)4)13-22(16)26(9-8-10-28-15-27-7)23-14-19-12-21(17(23)2)25(19,5)6/h8,10,16-23H,9,11-15H2,1-7H3/b10-8+/t16-,17-,18?,19?,20?,21?,22-,23-/m1/s1. The Morgan fingerprint density at radius 3 is 1.75 bits per heavy atom. The van der Waals surface area contributed by atoms with E-state index in [1.165, 1.54) is 32.0 Å². The molecule has 0 aromatic rings. The summed E-state index contributed by atoms with van der Waals surface area (Å²) in [5.41, 5.74) is 1.17. The minimum Gasteiger partial charge on any atom is -0.476 e. The third-order valence-corrected chi connectivity index (χ3v) is 10.7. The molecule has 0 spiro atoms. The molecule has 4 unspecified atom stereocenters. The van der Waals surface area contributed by atoms with Crippen LogP contribution in [0.25, 0.3) is 0 Å². The lowest BCUT2D eigenvalue weighted by Gasteiger charge is -2.66. The zero-order chi connectivity index (χ0) is 20.3. The van der Waals surface area contributed by atoms with Crippen LogP contribution < -0.4 is 0 Å². The third-order valence-electron chi connectivity index (χ3n) is 10.7. The molecule has 0 aliphatic heterocycles. The quantitative estimate of drug-likeness (QED) is 0.208. The maximum atomic E-state index is 5.48. The van der Waals surface area contributed by atoms with Gasteiger partial charge in [-0.3, -0.25) is 0 Å². The Labute approximate surface area is 174 Å². The van der Waals surface area contributed by atoms with E-state index in [1.54, 1.807) is 7.11 Å². The Bertz CT molecular complexity index is 555. The number of hydrogen-bond donors (Lipinski definition) is 0. The largest absolute Gasteiger partial charge is 0.476 e. The van der Waals surface area contributed by atoms with Gasteiger partial charge in [0.2, 0.25) is 0 Å². The van der Waals surface area contributed by atoms with Crippen molar-refractivity contribution in [2.75, 3.05) is 13.9 Å². The van der Waals surface area contributed by atoms with Gasteiger partial charge in [-0.1, -0.05) is 78.4 Å². The Hall–Kier alpha value is -0.435. The minimum absolute atomic E-state index is 0.359. The highest BCUT2D eigenvalue weighted by atomic mass is 16.7. The summed E-state index contributed by atoms with van der Waals surface area (Å²) in [5, 5.41) is 0. The average molecular weight is 386 g/mol. The number of rotatable bonds is 7. The molecule has 3 heteroatoms. The summed E-state index contributed by atoms with van der Waals surface area (Å²) in [6, 6.07) is 0. The van der Waals surface area contributed by atoms with E-state index in [4.69, 9.17) is 9.47 Å². The van der Waals surface area contributed by atoms with Gasteiger partial charge >= 0.3 is 0 Å². The summed E-state index contributed by atoms with van der Waals surface area (Å²) in [4.78, 5) is 0. The molecule has 0 N–H and O–H groups in total. The molecule has 0 radical (unpaired) electrons. The van der Waals surface area contributed by atoms with Gasteiger partial charge in [0.25, 0.3) is 0 Å². The lowest BCUT2D eigenvalue weighted by Crippen LogP contribution is -2.59. The van der Waals surface area contributed by atoms with Crippen molar-refractivity contribution in [3.8, 4) is 0 Å². The second-order valence-corrected chi connectivity index (χ2v) is 12.1. The van der Waals surface area contributed by atoms with E-state index in [-0.39, 0.29) is 0 Å². The molecule has 158 valence electrons. The summed E-state index contributed by atoms with van der Waals surface area (Å²) in [5.74, 6) is 7.34. The molecule has 6 rings (SSSR count). The van der Waals surface area contributed by atoms with Crippen molar-refractivity contribution in [3.05, 3.63) is 12.3 Å². The highest BCUT2D eigenvalue weighted by molar-refractivity contribution is 6.62. The maximum Gasteiger partial charge on any atom is 0.187 e. The van der Waals surface area contributed by atoms with Crippen LogP contribution in [-0.4, -0.2) is 20.6 Å². The molecule has 8 atom stereocenters. The molecular weight excluding hydrogens is 343 g/mol. The molecule has 0 aromatic carbocycles. The van der Waals surface area contributed by atoms with Crippen LogP contribution in [-0.2, 0) is 9.47 Å². The van der Waals surface area contributed by atoms with E-state index in [0.717, 1.165) is 53.9 Å². The van der Waals surface area contributed by atoms with Crippen LogP contribution in [0.2, 0.25) is 18.0 Å². The predicted molar refractivity (Wildman–Crippen MR) is 118 cm³/mol. The Kier molecular flexibility index (Phi) is 5.47. The van der Waals surface area contributed by atoms with Gasteiger partial charge in [-0.05, 0) is 59.2 Å².